The minimum absolute atomic E-state index is 0.406. The predicted molar refractivity (Wildman–Crippen MR) is 74.6 cm³/mol. The SMILES string of the molecule is COC(=O)c1ccc(OCCc2ccnn2C)c(N)c1. The van der Waals surface area contributed by atoms with Crippen LogP contribution in [0.5, 0.6) is 5.75 Å². The Balaban J connectivity index is 1.96. The molecule has 0 aliphatic heterocycles. The van der Waals surface area contributed by atoms with E-state index in [0.717, 1.165) is 12.1 Å². The molecule has 2 rings (SSSR count). The molecule has 0 radical (unpaired) electrons. The van der Waals surface area contributed by atoms with Crippen LogP contribution in [0.15, 0.2) is 30.5 Å². The van der Waals surface area contributed by atoms with Gasteiger partial charge in [-0.1, -0.05) is 0 Å². The van der Waals surface area contributed by atoms with Gasteiger partial charge in [0, 0.05) is 25.4 Å². The van der Waals surface area contributed by atoms with E-state index in [1.807, 2.05) is 13.1 Å². The first-order valence-corrected chi connectivity index (χ1v) is 6.19. The van der Waals surface area contributed by atoms with E-state index in [0.29, 0.717) is 23.6 Å². The predicted octanol–water partition coefficient (Wildman–Crippen LogP) is 1.41. The molecule has 20 heavy (non-hydrogen) atoms. The van der Waals surface area contributed by atoms with Gasteiger partial charge in [-0.15, -0.1) is 0 Å². The smallest absolute Gasteiger partial charge is 0.337 e. The number of hydrogen-bond donors (Lipinski definition) is 1. The summed E-state index contributed by atoms with van der Waals surface area (Å²) in [5.41, 5.74) is 7.75. The number of carbonyl (C=O) groups excluding carboxylic acids is 1. The van der Waals surface area contributed by atoms with Crippen molar-refractivity contribution in [2.45, 2.75) is 6.42 Å². The first-order valence-electron chi connectivity index (χ1n) is 6.19. The van der Waals surface area contributed by atoms with Crippen molar-refractivity contribution < 1.29 is 14.3 Å². The largest absolute Gasteiger partial charge is 0.491 e. The number of esters is 1. The van der Waals surface area contributed by atoms with Gasteiger partial charge in [-0.05, 0) is 24.3 Å². The molecule has 0 aliphatic rings. The molecule has 0 fully saturated rings. The lowest BCUT2D eigenvalue weighted by Crippen LogP contribution is -2.08. The van der Waals surface area contributed by atoms with Crippen molar-refractivity contribution in [2.24, 2.45) is 7.05 Å². The third-order valence-electron chi connectivity index (χ3n) is 2.97. The van der Waals surface area contributed by atoms with Crippen molar-refractivity contribution in [3.05, 3.63) is 41.7 Å². The summed E-state index contributed by atoms with van der Waals surface area (Å²) >= 11 is 0. The van der Waals surface area contributed by atoms with E-state index in [-0.39, 0.29) is 0 Å². The van der Waals surface area contributed by atoms with E-state index in [9.17, 15) is 4.79 Å². The van der Waals surface area contributed by atoms with Gasteiger partial charge in [0.1, 0.15) is 5.75 Å². The molecule has 6 nitrogen and oxygen atoms in total. The molecule has 0 atom stereocenters. The molecule has 6 heteroatoms. The zero-order chi connectivity index (χ0) is 14.5. The Kier molecular flexibility index (Phi) is 4.24. The van der Waals surface area contributed by atoms with Crippen LogP contribution in [0.1, 0.15) is 16.1 Å². The fourth-order valence-electron chi connectivity index (χ4n) is 1.84. The normalized spacial score (nSPS) is 10.3. The standard InChI is InChI=1S/C14H17N3O3/c1-17-11(5-7-16-17)6-8-20-13-4-3-10(9-12(13)15)14(18)19-2/h3-5,7,9H,6,8,15H2,1-2H3. The number of nitrogen functional groups attached to an aromatic ring is 1. The van der Waals surface area contributed by atoms with Crippen molar-refractivity contribution in [1.29, 1.82) is 0 Å². The lowest BCUT2D eigenvalue weighted by molar-refractivity contribution is 0.0601. The van der Waals surface area contributed by atoms with E-state index in [1.165, 1.54) is 7.11 Å². The number of benzene rings is 1. The summed E-state index contributed by atoms with van der Waals surface area (Å²) in [4.78, 5) is 11.4. The Morgan fingerprint density at radius 3 is 2.80 bits per heavy atom. The van der Waals surface area contributed by atoms with Gasteiger partial charge in [0.15, 0.2) is 0 Å². The summed E-state index contributed by atoms with van der Waals surface area (Å²) in [5.74, 6) is 0.137. The second kappa shape index (κ2) is 6.10. The van der Waals surface area contributed by atoms with Crippen molar-refractivity contribution in [3.8, 4) is 5.75 Å². The number of ether oxygens (including phenoxy) is 2. The number of aryl methyl sites for hydroxylation is 1. The molecule has 0 aliphatic carbocycles. The molecule has 0 unspecified atom stereocenters. The maximum Gasteiger partial charge on any atom is 0.337 e. The Bertz CT molecular complexity index is 607. The highest BCUT2D eigenvalue weighted by atomic mass is 16.5. The zero-order valence-corrected chi connectivity index (χ0v) is 11.5. The first kappa shape index (κ1) is 13.9. The molecular formula is C14H17N3O3. The van der Waals surface area contributed by atoms with Gasteiger partial charge >= 0.3 is 5.97 Å². The number of rotatable bonds is 5. The Morgan fingerprint density at radius 2 is 2.20 bits per heavy atom. The molecule has 1 heterocycles. The highest BCUT2D eigenvalue weighted by Crippen LogP contribution is 2.23. The van der Waals surface area contributed by atoms with Crippen LogP contribution in [0.25, 0.3) is 0 Å². The minimum atomic E-state index is -0.418. The van der Waals surface area contributed by atoms with Crippen molar-refractivity contribution in [2.75, 3.05) is 19.5 Å². The molecule has 0 saturated heterocycles. The van der Waals surface area contributed by atoms with Crippen LogP contribution in [-0.4, -0.2) is 29.5 Å². The molecular weight excluding hydrogens is 258 g/mol. The van der Waals surface area contributed by atoms with E-state index in [1.54, 1.807) is 29.1 Å². The van der Waals surface area contributed by atoms with Gasteiger partial charge in [-0.25, -0.2) is 4.79 Å². The molecule has 0 amide bonds. The van der Waals surface area contributed by atoms with Crippen LogP contribution in [0.2, 0.25) is 0 Å². The first-order chi connectivity index (χ1) is 9.61. The van der Waals surface area contributed by atoms with Gasteiger partial charge in [-0.2, -0.15) is 5.10 Å². The summed E-state index contributed by atoms with van der Waals surface area (Å²) in [6.07, 6.45) is 2.48. The molecule has 0 spiro atoms. The van der Waals surface area contributed by atoms with Crippen LogP contribution in [0.3, 0.4) is 0 Å². The topological polar surface area (TPSA) is 79.4 Å². The third kappa shape index (κ3) is 3.09. The molecule has 1 aromatic carbocycles. The quantitative estimate of drug-likeness (QED) is 0.659. The summed E-state index contributed by atoms with van der Waals surface area (Å²) in [6, 6.07) is 6.78. The number of nitrogens with two attached hydrogens (primary N) is 1. The summed E-state index contributed by atoms with van der Waals surface area (Å²) in [5, 5.41) is 4.09. The van der Waals surface area contributed by atoms with E-state index in [4.69, 9.17) is 10.5 Å². The Hall–Kier alpha value is -2.50. The fraction of sp³-hybridized carbons (Fsp3) is 0.286. The Labute approximate surface area is 117 Å². The molecule has 106 valence electrons. The summed E-state index contributed by atoms with van der Waals surface area (Å²) < 4.78 is 12.0. The maximum atomic E-state index is 11.4. The lowest BCUT2D eigenvalue weighted by atomic mass is 10.2. The fourth-order valence-corrected chi connectivity index (χ4v) is 1.84. The average molecular weight is 275 g/mol. The zero-order valence-electron chi connectivity index (χ0n) is 11.5. The minimum Gasteiger partial charge on any atom is -0.491 e. The molecule has 1 aromatic heterocycles. The van der Waals surface area contributed by atoms with Crippen LogP contribution in [0, 0.1) is 0 Å². The van der Waals surface area contributed by atoms with Gasteiger partial charge in [0.05, 0.1) is 25.0 Å². The summed E-state index contributed by atoms with van der Waals surface area (Å²) in [6.45, 7) is 0.487. The van der Waals surface area contributed by atoms with Gasteiger partial charge in [-0.3, -0.25) is 4.68 Å². The highest BCUT2D eigenvalue weighted by Gasteiger charge is 2.09. The van der Waals surface area contributed by atoms with Gasteiger partial charge in [0.25, 0.3) is 0 Å². The monoisotopic (exact) mass is 275 g/mol. The van der Waals surface area contributed by atoms with Gasteiger partial charge in [0.2, 0.25) is 0 Å². The molecule has 0 bridgehead atoms. The number of methoxy groups -OCH3 is 1. The Morgan fingerprint density at radius 1 is 1.40 bits per heavy atom. The number of carbonyl (C=O) groups is 1. The van der Waals surface area contributed by atoms with E-state index < -0.39 is 5.97 Å². The molecule has 2 N–H and O–H groups in total. The van der Waals surface area contributed by atoms with Gasteiger partial charge < -0.3 is 15.2 Å². The second-order valence-electron chi connectivity index (χ2n) is 4.29. The highest BCUT2D eigenvalue weighted by molar-refractivity contribution is 5.90. The second-order valence-corrected chi connectivity index (χ2v) is 4.29. The van der Waals surface area contributed by atoms with Crippen molar-refractivity contribution in [1.82, 2.24) is 9.78 Å². The third-order valence-corrected chi connectivity index (χ3v) is 2.97. The molecule has 2 aromatic rings. The number of nitrogens with zero attached hydrogens (tertiary/aromatic N) is 2. The molecule has 0 saturated carbocycles. The van der Waals surface area contributed by atoms with Crippen molar-refractivity contribution >= 4 is 11.7 Å². The van der Waals surface area contributed by atoms with Crippen LogP contribution in [0.4, 0.5) is 5.69 Å². The van der Waals surface area contributed by atoms with Crippen molar-refractivity contribution in [3.63, 3.8) is 0 Å². The van der Waals surface area contributed by atoms with Crippen LogP contribution < -0.4 is 10.5 Å². The van der Waals surface area contributed by atoms with Crippen LogP contribution in [-0.2, 0) is 18.2 Å². The number of hydrogen-bond acceptors (Lipinski definition) is 5. The summed E-state index contributed by atoms with van der Waals surface area (Å²) in [7, 11) is 3.21. The number of aromatic nitrogens is 2. The van der Waals surface area contributed by atoms with E-state index >= 15 is 0 Å². The van der Waals surface area contributed by atoms with Crippen LogP contribution >= 0.6 is 0 Å². The number of anilines is 1. The maximum absolute atomic E-state index is 11.4. The lowest BCUT2D eigenvalue weighted by Gasteiger charge is -2.10. The average Bonchev–Trinajstić information content (AvgIpc) is 2.85. The van der Waals surface area contributed by atoms with E-state index in [2.05, 4.69) is 9.84 Å².